The molecule has 0 aliphatic carbocycles. The van der Waals surface area contributed by atoms with E-state index in [9.17, 15) is 4.39 Å². The average Bonchev–Trinajstić information content (AvgIpc) is 2.66. The lowest BCUT2D eigenvalue weighted by molar-refractivity contribution is 0.315. The molecule has 1 atom stereocenters. The van der Waals surface area contributed by atoms with E-state index in [-0.39, 0.29) is 5.82 Å². The number of anilines is 1. The van der Waals surface area contributed by atoms with Gasteiger partial charge >= 0.3 is 0 Å². The Hall–Kier alpha value is -1.09. The van der Waals surface area contributed by atoms with Crippen molar-refractivity contribution in [2.75, 3.05) is 32.1 Å². The second-order valence-electron chi connectivity index (χ2n) is 4.81. The van der Waals surface area contributed by atoms with Crippen LogP contribution in [0.2, 0.25) is 0 Å². The van der Waals surface area contributed by atoms with E-state index < -0.39 is 0 Å². The average molecular weight is 222 g/mol. The topological polar surface area (TPSA) is 6.48 Å². The van der Waals surface area contributed by atoms with E-state index in [1.807, 2.05) is 19.1 Å². The lowest BCUT2D eigenvalue weighted by Crippen LogP contribution is -2.31. The van der Waals surface area contributed by atoms with E-state index in [1.165, 1.54) is 0 Å². The lowest BCUT2D eigenvalue weighted by Gasteiger charge is -2.22. The van der Waals surface area contributed by atoms with E-state index in [2.05, 4.69) is 23.9 Å². The molecule has 0 saturated carbocycles. The molecule has 1 fully saturated rings. The second-order valence-corrected chi connectivity index (χ2v) is 4.81. The monoisotopic (exact) mass is 222 g/mol. The Labute approximate surface area is 96.7 Å². The molecule has 1 aliphatic heterocycles. The van der Waals surface area contributed by atoms with Crippen LogP contribution >= 0.6 is 0 Å². The largest absolute Gasteiger partial charge is 0.368 e. The molecule has 0 radical (unpaired) electrons. The van der Waals surface area contributed by atoms with Crippen LogP contribution in [0.25, 0.3) is 0 Å². The van der Waals surface area contributed by atoms with Crippen LogP contribution in [-0.4, -0.2) is 38.1 Å². The van der Waals surface area contributed by atoms with Crippen molar-refractivity contribution in [2.45, 2.75) is 19.4 Å². The molecule has 0 aromatic heterocycles. The van der Waals surface area contributed by atoms with Crippen LogP contribution in [-0.2, 0) is 0 Å². The Morgan fingerprint density at radius 1 is 1.38 bits per heavy atom. The first-order valence-electron chi connectivity index (χ1n) is 5.75. The quantitative estimate of drug-likeness (QED) is 0.757. The molecular formula is C13H19FN2. The SMILES string of the molecule is Cc1ccc(N2CC[C@@H](N(C)C)C2)c(F)c1. The molecular weight excluding hydrogens is 203 g/mol. The van der Waals surface area contributed by atoms with Crippen LogP contribution in [0.1, 0.15) is 12.0 Å². The third-order valence-electron chi connectivity index (χ3n) is 3.34. The van der Waals surface area contributed by atoms with Gasteiger partial charge in [0, 0.05) is 19.1 Å². The van der Waals surface area contributed by atoms with E-state index in [4.69, 9.17) is 0 Å². The molecule has 0 N–H and O–H groups in total. The van der Waals surface area contributed by atoms with E-state index in [1.54, 1.807) is 6.07 Å². The van der Waals surface area contributed by atoms with Gasteiger partial charge in [-0.25, -0.2) is 4.39 Å². The van der Waals surface area contributed by atoms with Crippen LogP contribution in [0.15, 0.2) is 18.2 Å². The van der Waals surface area contributed by atoms with Gasteiger partial charge in [-0.2, -0.15) is 0 Å². The Balaban J connectivity index is 2.14. The summed E-state index contributed by atoms with van der Waals surface area (Å²) in [5.41, 5.74) is 1.72. The van der Waals surface area contributed by atoms with Crippen molar-refractivity contribution >= 4 is 5.69 Å². The molecule has 1 aromatic carbocycles. The molecule has 1 aliphatic rings. The minimum Gasteiger partial charge on any atom is -0.368 e. The summed E-state index contributed by atoms with van der Waals surface area (Å²) < 4.78 is 13.8. The van der Waals surface area contributed by atoms with Crippen LogP contribution in [0.4, 0.5) is 10.1 Å². The van der Waals surface area contributed by atoms with Gasteiger partial charge in [-0.15, -0.1) is 0 Å². The number of hydrogen-bond acceptors (Lipinski definition) is 2. The Kier molecular flexibility index (Phi) is 3.15. The fourth-order valence-corrected chi connectivity index (χ4v) is 2.25. The van der Waals surface area contributed by atoms with Crippen molar-refractivity contribution in [2.24, 2.45) is 0 Å². The van der Waals surface area contributed by atoms with Crippen LogP contribution in [0, 0.1) is 12.7 Å². The summed E-state index contributed by atoms with van der Waals surface area (Å²) in [6.45, 7) is 3.79. The maximum absolute atomic E-state index is 13.8. The molecule has 0 amide bonds. The normalized spacial score (nSPS) is 20.8. The molecule has 2 rings (SSSR count). The molecule has 3 heteroatoms. The van der Waals surface area contributed by atoms with Crippen molar-refractivity contribution < 1.29 is 4.39 Å². The van der Waals surface area contributed by atoms with Crippen molar-refractivity contribution in [1.29, 1.82) is 0 Å². The zero-order valence-corrected chi connectivity index (χ0v) is 10.2. The van der Waals surface area contributed by atoms with Gasteiger partial charge in [0.15, 0.2) is 0 Å². The summed E-state index contributed by atoms with van der Waals surface area (Å²) in [6, 6.07) is 6.02. The van der Waals surface area contributed by atoms with Gasteiger partial charge < -0.3 is 9.80 Å². The van der Waals surface area contributed by atoms with Crippen molar-refractivity contribution in [3.8, 4) is 0 Å². The summed E-state index contributed by atoms with van der Waals surface area (Å²) in [7, 11) is 4.17. The first kappa shape index (κ1) is 11.4. The maximum atomic E-state index is 13.8. The number of hydrogen-bond donors (Lipinski definition) is 0. The molecule has 0 unspecified atom stereocenters. The van der Waals surface area contributed by atoms with Gasteiger partial charge in [0.2, 0.25) is 0 Å². The number of benzene rings is 1. The van der Waals surface area contributed by atoms with Gasteiger partial charge in [-0.05, 0) is 45.1 Å². The maximum Gasteiger partial charge on any atom is 0.146 e. The predicted octanol–water partition coefficient (Wildman–Crippen LogP) is 2.27. The Bertz CT molecular complexity index is 376. The van der Waals surface area contributed by atoms with E-state index >= 15 is 0 Å². The molecule has 2 nitrogen and oxygen atoms in total. The zero-order chi connectivity index (χ0) is 11.7. The van der Waals surface area contributed by atoms with Crippen molar-refractivity contribution in [3.63, 3.8) is 0 Å². The van der Waals surface area contributed by atoms with E-state index in [0.29, 0.717) is 6.04 Å². The first-order chi connectivity index (χ1) is 7.58. The minimum absolute atomic E-state index is 0.0978. The Morgan fingerprint density at radius 2 is 2.12 bits per heavy atom. The zero-order valence-electron chi connectivity index (χ0n) is 10.2. The lowest BCUT2D eigenvalue weighted by atomic mass is 10.2. The van der Waals surface area contributed by atoms with Gasteiger partial charge in [0.25, 0.3) is 0 Å². The fraction of sp³-hybridized carbons (Fsp3) is 0.538. The van der Waals surface area contributed by atoms with Gasteiger partial charge in [0.1, 0.15) is 5.82 Å². The number of nitrogens with zero attached hydrogens (tertiary/aromatic N) is 2. The molecule has 0 bridgehead atoms. The van der Waals surface area contributed by atoms with Crippen molar-refractivity contribution in [3.05, 3.63) is 29.6 Å². The van der Waals surface area contributed by atoms with E-state index in [0.717, 1.165) is 30.8 Å². The van der Waals surface area contributed by atoms with Crippen LogP contribution in [0.3, 0.4) is 0 Å². The summed E-state index contributed by atoms with van der Waals surface area (Å²) in [6.07, 6.45) is 1.11. The number of aryl methyl sites for hydroxylation is 1. The number of halogens is 1. The highest BCUT2D eigenvalue weighted by molar-refractivity contribution is 5.50. The summed E-state index contributed by atoms with van der Waals surface area (Å²) in [5.74, 6) is -0.0978. The number of rotatable bonds is 2. The van der Waals surface area contributed by atoms with Gasteiger partial charge in [0.05, 0.1) is 5.69 Å². The smallest absolute Gasteiger partial charge is 0.146 e. The second kappa shape index (κ2) is 4.42. The molecule has 1 aromatic rings. The highest BCUT2D eigenvalue weighted by Crippen LogP contribution is 2.25. The minimum atomic E-state index is -0.0978. The van der Waals surface area contributed by atoms with Crippen LogP contribution < -0.4 is 4.90 Å². The van der Waals surface area contributed by atoms with Gasteiger partial charge in [-0.1, -0.05) is 6.07 Å². The fourth-order valence-electron chi connectivity index (χ4n) is 2.25. The third kappa shape index (κ3) is 2.19. The molecule has 88 valence electrons. The van der Waals surface area contributed by atoms with Gasteiger partial charge in [-0.3, -0.25) is 0 Å². The summed E-state index contributed by atoms with van der Waals surface area (Å²) >= 11 is 0. The molecule has 1 heterocycles. The Morgan fingerprint density at radius 3 is 2.69 bits per heavy atom. The molecule has 16 heavy (non-hydrogen) atoms. The standard InChI is InChI=1S/C13H19FN2/c1-10-4-5-13(12(14)8-10)16-7-6-11(9-16)15(2)3/h4-5,8,11H,6-7,9H2,1-3H3/t11-/m1/s1. The first-order valence-corrected chi connectivity index (χ1v) is 5.75. The summed E-state index contributed by atoms with van der Waals surface area (Å²) in [5, 5.41) is 0. The third-order valence-corrected chi connectivity index (χ3v) is 3.34. The predicted molar refractivity (Wildman–Crippen MR) is 65.4 cm³/mol. The van der Waals surface area contributed by atoms with Crippen LogP contribution in [0.5, 0.6) is 0 Å². The molecule has 0 spiro atoms. The number of likely N-dealkylation sites (N-methyl/N-ethyl adjacent to an activating group) is 1. The summed E-state index contributed by atoms with van der Waals surface area (Å²) in [4.78, 5) is 4.35. The molecule has 1 saturated heterocycles. The highest BCUT2D eigenvalue weighted by atomic mass is 19.1. The van der Waals surface area contributed by atoms with Crippen molar-refractivity contribution in [1.82, 2.24) is 4.90 Å². The highest BCUT2D eigenvalue weighted by Gasteiger charge is 2.25.